The normalized spacial score (nSPS) is 17.2. The average molecular weight is 379 g/mol. The predicted octanol–water partition coefficient (Wildman–Crippen LogP) is 1.95. The molecule has 7 nitrogen and oxygen atoms in total. The number of hydrogen-bond donors (Lipinski definition) is 1. The van der Waals surface area contributed by atoms with Gasteiger partial charge in [-0.1, -0.05) is 30.3 Å². The Kier molecular flexibility index (Phi) is 4.83. The number of nitrogens with one attached hydrogen (secondary N) is 1. The van der Waals surface area contributed by atoms with Crippen molar-refractivity contribution in [2.24, 2.45) is 0 Å². The summed E-state index contributed by atoms with van der Waals surface area (Å²) in [6, 6.07) is 14.2. The first-order valence-electron chi connectivity index (χ1n) is 9.21. The smallest absolute Gasteiger partial charge is 0.260 e. The Morgan fingerprint density at radius 1 is 1.04 bits per heavy atom. The van der Waals surface area contributed by atoms with Gasteiger partial charge in [0, 0.05) is 31.4 Å². The molecule has 1 N–H and O–H groups in total. The molecule has 0 saturated carbocycles. The van der Waals surface area contributed by atoms with Crippen LogP contribution in [0.1, 0.15) is 38.9 Å². The summed E-state index contributed by atoms with van der Waals surface area (Å²) in [6.07, 6.45) is 0.0754. The van der Waals surface area contributed by atoms with E-state index in [1.165, 1.54) is 4.90 Å². The van der Waals surface area contributed by atoms with Crippen molar-refractivity contribution >= 4 is 23.4 Å². The molecule has 4 rings (SSSR count). The first-order valence-corrected chi connectivity index (χ1v) is 9.21. The van der Waals surface area contributed by atoms with Gasteiger partial charge in [-0.15, -0.1) is 0 Å². The lowest BCUT2D eigenvalue weighted by molar-refractivity contribution is -0.122. The number of ether oxygens (including phenoxy) is 1. The number of rotatable bonds is 6. The molecule has 0 saturated heterocycles. The molecule has 2 heterocycles. The molecule has 0 spiro atoms. The Balaban J connectivity index is 1.67. The topological polar surface area (TPSA) is 79.0 Å². The van der Waals surface area contributed by atoms with Gasteiger partial charge in [-0.3, -0.25) is 19.3 Å². The van der Waals surface area contributed by atoms with E-state index >= 15 is 0 Å². The molecule has 144 valence electrons. The van der Waals surface area contributed by atoms with Crippen LogP contribution in [0, 0.1) is 0 Å². The summed E-state index contributed by atoms with van der Waals surface area (Å²) in [7, 11) is 1.61. The lowest BCUT2D eigenvalue weighted by atomic mass is 10.0. The van der Waals surface area contributed by atoms with Crippen LogP contribution in [0.4, 0.5) is 5.69 Å². The zero-order valence-corrected chi connectivity index (χ0v) is 15.6. The Morgan fingerprint density at radius 3 is 2.54 bits per heavy atom. The fraction of sp³-hybridized carbons (Fsp3) is 0.286. The van der Waals surface area contributed by atoms with Gasteiger partial charge in [0.25, 0.3) is 11.8 Å². The number of benzene rings is 2. The molecule has 0 aliphatic carbocycles. The van der Waals surface area contributed by atoms with Gasteiger partial charge in [0.2, 0.25) is 5.91 Å². The monoisotopic (exact) mass is 379 g/mol. The maximum atomic E-state index is 13.2. The second kappa shape index (κ2) is 7.44. The van der Waals surface area contributed by atoms with Crippen LogP contribution in [-0.4, -0.2) is 49.4 Å². The van der Waals surface area contributed by atoms with Gasteiger partial charge in [-0.2, -0.15) is 0 Å². The van der Waals surface area contributed by atoms with Crippen LogP contribution < -0.4 is 10.2 Å². The number of anilines is 1. The minimum atomic E-state index is -0.615. The summed E-state index contributed by atoms with van der Waals surface area (Å²) in [5, 5.41) is 2.81. The predicted molar refractivity (Wildman–Crippen MR) is 103 cm³/mol. The third kappa shape index (κ3) is 2.93. The van der Waals surface area contributed by atoms with Crippen LogP contribution >= 0.6 is 0 Å². The van der Waals surface area contributed by atoms with E-state index in [-0.39, 0.29) is 24.3 Å². The molecule has 0 aromatic heterocycles. The summed E-state index contributed by atoms with van der Waals surface area (Å²) in [4.78, 5) is 41.8. The van der Waals surface area contributed by atoms with Crippen LogP contribution in [0.25, 0.3) is 0 Å². The standard InChI is InChI=1S/C21H21N3O4/c1-28-12-6-11-22-18(25)13-23-19-14-7-2-3-8-15(14)21(27)24(19)17-10-5-4-9-16(17)20(23)26/h2-5,7-10,19H,6,11-13H2,1H3,(H,22,25). The quantitative estimate of drug-likeness (QED) is 0.778. The number of methoxy groups -OCH3 is 1. The molecule has 0 fully saturated rings. The summed E-state index contributed by atoms with van der Waals surface area (Å²) in [5.41, 5.74) is 2.30. The molecule has 3 amide bonds. The maximum Gasteiger partial charge on any atom is 0.260 e. The number of para-hydroxylation sites is 1. The maximum absolute atomic E-state index is 13.2. The Labute approximate surface area is 162 Å². The van der Waals surface area contributed by atoms with Gasteiger partial charge in [-0.25, -0.2) is 0 Å². The number of nitrogens with zero attached hydrogens (tertiary/aromatic N) is 2. The van der Waals surface area contributed by atoms with Crippen molar-refractivity contribution in [3.63, 3.8) is 0 Å². The summed E-state index contributed by atoms with van der Waals surface area (Å²) < 4.78 is 4.98. The van der Waals surface area contributed by atoms with Gasteiger partial charge >= 0.3 is 0 Å². The van der Waals surface area contributed by atoms with Gasteiger partial charge in [0.05, 0.1) is 11.3 Å². The molecular weight excluding hydrogens is 358 g/mol. The zero-order valence-electron chi connectivity index (χ0n) is 15.6. The lowest BCUT2D eigenvalue weighted by Gasteiger charge is -2.40. The number of fused-ring (bicyclic) bond motifs is 5. The highest BCUT2D eigenvalue weighted by Crippen LogP contribution is 2.44. The fourth-order valence-corrected chi connectivity index (χ4v) is 3.79. The zero-order chi connectivity index (χ0) is 19.7. The first-order chi connectivity index (χ1) is 13.6. The highest BCUT2D eigenvalue weighted by Gasteiger charge is 2.47. The van der Waals surface area contributed by atoms with Gasteiger partial charge in [0.15, 0.2) is 0 Å². The van der Waals surface area contributed by atoms with Crippen LogP contribution in [-0.2, 0) is 9.53 Å². The molecule has 2 aliphatic rings. The number of carbonyl (C=O) groups is 3. The third-order valence-electron chi connectivity index (χ3n) is 5.04. The van der Waals surface area contributed by atoms with E-state index in [4.69, 9.17) is 4.74 Å². The molecule has 1 atom stereocenters. The first kappa shape index (κ1) is 18.2. The Morgan fingerprint density at radius 2 is 1.75 bits per heavy atom. The number of hydrogen-bond acceptors (Lipinski definition) is 4. The lowest BCUT2D eigenvalue weighted by Crippen LogP contribution is -2.51. The molecule has 28 heavy (non-hydrogen) atoms. The van der Waals surface area contributed by atoms with E-state index < -0.39 is 6.17 Å². The minimum Gasteiger partial charge on any atom is -0.385 e. The van der Waals surface area contributed by atoms with Gasteiger partial charge in [0.1, 0.15) is 12.7 Å². The largest absolute Gasteiger partial charge is 0.385 e. The highest BCUT2D eigenvalue weighted by atomic mass is 16.5. The molecule has 2 aromatic rings. The number of amides is 3. The van der Waals surface area contributed by atoms with Crippen LogP contribution in [0.3, 0.4) is 0 Å². The van der Waals surface area contributed by atoms with Crippen molar-refractivity contribution in [1.29, 1.82) is 0 Å². The van der Waals surface area contributed by atoms with Gasteiger partial charge < -0.3 is 15.0 Å². The summed E-state index contributed by atoms with van der Waals surface area (Å²) >= 11 is 0. The van der Waals surface area contributed by atoms with Crippen molar-refractivity contribution in [3.05, 3.63) is 65.2 Å². The Hall–Kier alpha value is -3.19. The second-order valence-electron chi connectivity index (χ2n) is 6.78. The van der Waals surface area contributed by atoms with Gasteiger partial charge in [-0.05, 0) is 24.6 Å². The van der Waals surface area contributed by atoms with Crippen molar-refractivity contribution in [1.82, 2.24) is 10.2 Å². The molecule has 7 heteroatoms. The molecule has 2 aromatic carbocycles. The number of carbonyl (C=O) groups excluding carboxylic acids is 3. The van der Waals surface area contributed by atoms with E-state index in [9.17, 15) is 14.4 Å². The van der Waals surface area contributed by atoms with Crippen molar-refractivity contribution in [2.75, 3.05) is 31.7 Å². The SMILES string of the molecule is COCCCNC(=O)CN1C(=O)c2ccccc2N2C(=O)c3ccccc3C12. The second-order valence-corrected chi connectivity index (χ2v) is 6.78. The molecule has 0 radical (unpaired) electrons. The summed E-state index contributed by atoms with van der Waals surface area (Å²) in [6.45, 7) is 0.896. The molecular formula is C21H21N3O4. The third-order valence-corrected chi connectivity index (χ3v) is 5.04. The highest BCUT2D eigenvalue weighted by molar-refractivity contribution is 6.17. The van der Waals surface area contributed by atoms with Crippen molar-refractivity contribution in [2.45, 2.75) is 12.6 Å². The average Bonchev–Trinajstić information content (AvgIpc) is 3.01. The summed E-state index contributed by atoms with van der Waals surface area (Å²) in [5.74, 6) is -0.680. The van der Waals surface area contributed by atoms with Crippen LogP contribution in [0.5, 0.6) is 0 Å². The van der Waals surface area contributed by atoms with E-state index in [0.717, 1.165) is 5.56 Å². The van der Waals surface area contributed by atoms with E-state index in [2.05, 4.69) is 5.32 Å². The minimum absolute atomic E-state index is 0.122. The van der Waals surface area contributed by atoms with E-state index in [1.54, 1.807) is 48.4 Å². The van der Waals surface area contributed by atoms with Crippen molar-refractivity contribution in [3.8, 4) is 0 Å². The van der Waals surface area contributed by atoms with E-state index in [0.29, 0.717) is 36.4 Å². The van der Waals surface area contributed by atoms with Crippen LogP contribution in [0.2, 0.25) is 0 Å². The Bertz CT molecular complexity index is 943. The fourth-order valence-electron chi connectivity index (χ4n) is 3.79. The molecule has 1 unspecified atom stereocenters. The van der Waals surface area contributed by atoms with E-state index in [1.807, 2.05) is 12.1 Å². The molecule has 2 aliphatic heterocycles. The van der Waals surface area contributed by atoms with Crippen molar-refractivity contribution < 1.29 is 19.1 Å². The molecule has 0 bridgehead atoms. The van der Waals surface area contributed by atoms with Crippen LogP contribution in [0.15, 0.2) is 48.5 Å².